The number of carbonyl (C=O) groups is 2. The third-order valence-electron chi connectivity index (χ3n) is 2.80. The SMILES string of the molecule is CCNC(=O)c1ccc(N2CCCC(=O)C2)nn1. The number of piperidine rings is 1. The van der Waals surface area contributed by atoms with Crippen molar-refractivity contribution in [3.8, 4) is 0 Å². The van der Waals surface area contributed by atoms with Crippen molar-refractivity contribution in [1.82, 2.24) is 15.5 Å². The zero-order valence-corrected chi connectivity index (χ0v) is 10.3. The van der Waals surface area contributed by atoms with Gasteiger partial charge >= 0.3 is 0 Å². The van der Waals surface area contributed by atoms with Crippen LogP contribution in [0.4, 0.5) is 5.82 Å². The van der Waals surface area contributed by atoms with Gasteiger partial charge < -0.3 is 10.2 Å². The number of aromatic nitrogens is 2. The molecular weight excluding hydrogens is 232 g/mol. The van der Waals surface area contributed by atoms with Crippen LogP contribution in [0.3, 0.4) is 0 Å². The Bertz CT molecular complexity index is 444. The zero-order chi connectivity index (χ0) is 13.0. The fraction of sp³-hybridized carbons (Fsp3) is 0.500. The highest BCUT2D eigenvalue weighted by Crippen LogP contribution is 2.14. The molecule has 0 aromatic carbocycles. The van der Waals surface area contributed by atoms with Crippen molar-refractivity contribution >= 4 is 17.5 Å². The molecule has 18 heavy (non-hydrogen) atoms. The van der Waals surface area contributed by atoms with E-state index in [1.54, 1.807) is 12.1 Å². The third kappa shape index (κ3) is 2.82. The van der Waals surface area contributed by atoms with Crippen molar-refractivity contribution in [2.24, 2.45) is 0 Å². The molecule has 0 radical (unpaired) electrons. The van der Waals surface area contributed by atoms with Crippen LogP contribution in [-0.2, 0) is 4.79 Å². The molecule has 1 aliphatic heterocycles. The average molecular weight is 248 g/mol. The molecule has 0 bridgehead atoms. The molecule has 0 unspecified atom stereocenters. The standard InChI is InChI=1S/C12H16N4O2/c1-2-13-12(18)10-5-6-11(15-14-10)16-7-3-4-9(17)8-16/h5-6H,2-4,7-8H2,1H3,(H,13,18). The van der Waals surface area contributed by atoms with Crippen molar-refractivity contribution in [2.75, 3.05) is 24.5 Å². The van der Waals surface area contributed by atoms with Crippen molar-refractivity contribution in [3.63, 3.8) is 0 Å². The summed E-state index contributed by atoms with van der Waals surface area (Å²) in [4.78, 5) is 24.7. The highest BCUT2D eigenvalue weighted by Gasteiger charge is 2.18. The van der Waals surface area contributed by atoms with Gasteiger partial charge in [-0.15, -0.1) is 10.2 Å². The monoisotopic (exact) mass is 248 g/mol. The van der Waals surface area contributed by atoms with Crippen LogP contribution < -0.4 is 10.2 Å². The van der Waals surface area contributed by atoms with E-state index in [4.69, 9.17) is 0 Å². The minimum Gasteiger partial charge on any atom is -0.351 e. The number of carbonyl (C=O) groups excluding carboxylic acids is 2. The Kier molecular flexibility index (Phi) is 3.86. The number of hydrogen-bond acceptors (Lipinski definition) is 5. The first-order valence-corrected chi connectivity index (χ1v) is 6.09. The molecule has 6 heteroatoms. The summed E-state index contributed by atoms with van der Waals surface area (Å²) in [6.07, 6.45) is 1.49. The largest absolute Gasteiger partial charge is 0.351 e. The number of nitrogens with zero attached hydrogens (tertiary/aromatic N) is 3. The second-order valence-corrected chi connectivity index (χ2v) is 4.20. The van der Waals surface area contributed by atoms with Gasteiger partial charge in [-0.3, -0.25) is 9.59 Å². The summed E-state index contributed by atoms with van der Waals surface area (Å²) in [7, 11) is 0. The average Bonchev–Trinajstić information content (AvgIpc) is 2.39. The quantitative estimate of drug-likeness (QED) is 0.837. The molecule has 1 N–H and O–H groups in total. The van der Waals surface area contributed by atoms with Crippen LogP contribution in [0.1, 0.15) is 30.3 Å². The molecule has 0 aliphatic carbocycles. The van der Waals surface area contributed by atoms with Gasteiger partial charge in [-0.1, -0.05) is 0 Å². The van der Waals surface area contributed by atoms with E-state index < -0.39 is 0 Å². The van der Waals surface area contributed by atoms with Crippen molar-refractivity contribution in [2.45, 2.75) is 19.8 Å². The molecule has 0 atom stereocenters. The van der Waals surface area contributed by atoms with Crippen LogP contribution >= 0.6 is 0 Å². The van der Waals surface area contributed by atoms with Crippen molar-refractivity contribution < 1.29 is 9.59 Å². The summed E-state index contributed by atoms with van der Waals surface area (Å²) in [6.45, 7) is 3.60. The fourth-order valence-electron chi connectivity index (χ4n) is 1.90. The smallest absolute Gasteiger partial charge is 0.271 e. The molecule has 1 amide bonds. The van der Waals surface area contributed by atoms with E-state index in [9.17, 15) is 9.59 Å². The minimum absolute atomic E-state index is 0.218. The Morgan fingerprint density at radius 2 is 2.28 bits per heavy atom. The topological polar surface area (TPSA) is 75.2 Å². The number of nitrogens with one attached hydrogen (secondary N) is 1. The molecule has 1 aromatic heterocycles. The van der Waals surface area contributed by atoms with Gasteiger partial charge in [0.15, 0.2) is 17.3 Å². The van der Waals surface area contributed by atoms with E-state index in [-0.39, 0.29) is 11.7 Å². The first kappa shape index (κ1) is 12.5. The Labute approximate surface area is 105 Å². The third-order valence-corrected chi connectivity index (χ3v) is 2.80. The van der Waals surface area contributed by atoms with Gasteiger partial charge in [0.05, 0.1) is 6.54 Å². The van der Waals surface area contributed by atoms with Gasteiger partial charge in [0, 0.05) is 19.5 Å². The fourth-order valence-corrected chi connectivity index (χ4v) is 1.90. The van der Waals surface area contributed by atoms with Crippen LogP contribution in [0.15, 0.2) is 12.1 Å². The Morgan fingerprint density at radius 3 is 2.89 bits per heavy atom. The van der Waals surface area contributed by atoms with Gasteiger partial charge in [-0.05, 0) is 25.5 Å². The zero-order valence-electron chi connectivity index (χ0n) is 10.3. The second-order valence-electron chi connectivity index (χ2n) is 4.20. The Balaban J connectivity index is 2.07. The van der Waals surface area contributed by atoms with Gasteiger partial charge in [0.1, 0.15) is 0 Å². The first-order valence-electron chi connectivity index (χ1n) is 6.09. The summed E-state index contributed by atoms with van der Waals surface area (Å²) >= 11 is 0. The lowest BCUT2D eigenvalue weighted by Crippen LogP contribution is -2.36. The molecular formula is C12H16N4O2. The molecule has 1 saturated heterocycles. The molecule has 1 fully saturated rings. The normalized spacial score (nSPS) is 15.6. The molecule has 96 valence electrons. The lowest BCUT2D eigenvalue weighted by atomic mass is 10.1. The van der Waals surface area contributed by atoms with Crippen LogP contribution in [0.2, 0.25) is 0 Å². The number of ketones is 1. The van der Waals surface area contributed by atoms with Gasteiger partial charge in [-0.2, -0.15) is 0 Å². The van der Waals surface area contributed by atoms with Crippen LogP contribution in [0, 0.1) is 0 Å². The molecule has 1 aromatic rings. The maximum absolute atomic E-state index is 11.5. The van der Waals surface area contributed by atoms with E-state index in [1.807, 2.05) is 11.8 Å². The van der Waals surface area contributed by atoms with E-state index in [0.717, 1.165) is 13.0 Å². The summed E-state index contributed by atoms with van der Waals surface area (Å²) in [6, 6.07) is 3.36. The molecule has 0 saturated carbocycles. The molecule has 6 nitrogen and oxygen atoms in total. The van der Waals surface area contributed by atoms with Crippen molar-refractivity contribution in [3.05, 3.63) is 17.8 Å². The lowest BCUT2D eigenvalue weighted by molar-refractivity contribution is -0.118. The second kappa shape index (κ2) is 5.57. The highest BCUT2D eigenvalue weighted by molar-refractivity contribution is 5.92. The number of anilines is 1. The first-order chi connectivity index (χ1) is 8.70. The number of rotatable bonds is 3. The summed E-state index contributed by atoms with van der Waals surface area (Å²) in [5, 5.41) is 10.5. The molecule has 2 rings (SSSR count). The summed E-state index contributed by atoms with van der Waals surface area (Å²) in [5.74, 6) is 0.637. The van der Waals surface area contributed by atoms with Crippen LogP contribution in [0.5, 0.6) is 0 Å². The number of Topliss-reactive ketones (excluding diaryl/α,β-unsaturated/α-hetero) is 1. The maximum atomic E-state index is 11.5. The summed E-state index contributed by atoms with van der Waals surface area (Å²) < 4.78 is 0. The lowest BCUT2D eigenvalue weighted by Gasteiger charge is -2.26. The minimum atomic E-state index is -0.230. The van der Waals surface area contributed by atoms with Crippen LogP contribution in [0.25, 0.3) is 0 Å². The number of hydrogen-bond donors (Lipinski definition) is 1. The predicted octanol–water partition coefficient (Wildman–Crippen LogP) is 0.396. The predicted molar refractivity (Wildman–Crippen MR) is 66.5 cm³/mol. The van der Waals surface area contributed by atoms with E-state index in [2.05, 4.69) is 15.5 Å². The van der Waals surface area contributed by atoms with E-state index in [1.165, 1.54) is 0 Å². The van der Waals surface area contributed by atoms with Crippen molar-refractivity contribution in [1.29, 1.82) is 0 Å². The van der Waals surface area contributed by atoms with Gasteiger partial charge in [-0.25, -0.2) is 0 Å². The van der Waals surface area contributed by atoms with E-state index >= 15 is 0 Å². The van der Waals surface area contributed by atoms with Crippen LogP contribution in [-0.4, -0.2) is 41.5 Å². The van der Waals surface area contributed by atoms with E-state index in [0.29, 0.717) is 31.0 Å². The molecule has 2 heterocycles. The summed E-state index contributed by atoms with van der Waals surface area (Å²) in [5.41, 5.74) is 0.295. The maximum Gasteiger partial charge on any atom is 0.271 e. The van der Waals surface area contributed by atoms with Gasteiger partial charge in [0.2, 0.25) is 0 Å². The molecule has 1 aliphatic rings. The van der Waals surface area contributed by atoms with Gasteiger partial charge in [0.25, 0.3) is 5.91 Å². The number of amides is 1. The Morgan fingerprint density at radius 1 is 1.44 bits per heavy atom. The highest BCUT2D eigenvalue weighted by atomic mass is 16.2. The Hall–Kier alpha value is -1.98. The molecule has 0 spiro atoms.